The largest absolute Gasteiger partial charge is 0.103 e. The van der Waals surface area contributed by atoms with Crippen LogP contribution >= 0.6 is 0 Å². The van der Waals surface area contributed by atoms with Crippen LogP contribution in [0.1, 0.15) is 52.9 Å². The summed E-state index contributed by atoms with van der Waals surface area (Å²) in [7, 11) is 0. The minimum Gasteiger partial charge on any atom is -0.103 e. The molecule has 0 aromatic heterocycles. The van der Waals surface area contributed by atoms with Crippen molar-refractivity contribution in [3.63, 3.8) is 0 Å². The van der Waals surface area contributed by atoms with Crippen molar-refractivity contribution < 1.29 is 0 Å². The SMILES string of the molecule is CC1CC#CCCCCC(C)C1C. The van der Waals surface area contributed by atoms with Gasteiger partial charge in [-0.05, 0) is 24.2 Å². The summed E-state index contributed by atoms with van der Waals surface area (Å²) in [4.78, 5) is 0. The summed E-state index contributed by atoms with van der Waals surface area (Å²) in [5, 5.41) is 0. The Hall–Kier alpha value is -0.440. The van der Waals surface area contributed by atoms with Crippen molar-refractivity contribution in [2.45, 2.75) is 52.9 Å². The molecule has 0 radical (unpaired) electrons. The lowest BCUT2D eigenvalue weighted by atomic mass is 9.80. The van der Waals surface area contributed by atoms with Crippen LogP contribution in [0.5, 0.6) is 0 Å². The second kappa shape index (κ2) is 5.32. The fraction of sp³-hybridized carbons (Fsp3) is 0.846. The monoisotopic (exact) mass is 178 g/mol. The van der Waals surface area contributed by atoms with Crippen LogP contribution in [0.15, 0.2) is 0 Å². The maximum Gasteiger partial charge on any atom is 0.0117 e. The Labute approximate surface area is 83.1 Å². The van der Waals surface area contributed by atoms with Crippen molar-refractivity contribution in [2.24, 2.45) is 17.8 Å². The number of rotatable bonds is 0. The summed E-state index contributed by atoms with van der Waals surface area (Å²) in [6.45, 7) is 7.13. The molecule has 0 fully saturated rings. The molecule has 0 aromatic rings. The molecule has 0 saturated carbocycles. The zero-order valence-electron chi connectivity index (χ0n) is 9.27. The molecule has 0 saturated heterocycles. The number of hydrogen-bond acceptors (Lipinski definition) is 0. The van der Waals surface area contributed by atoms with Gasteiger partial charge in [0.2, 0.25) is 0 Å². The third kappa shape index (κ3) is 3.43. The molecule has 0 heterocycles. The fourth-order valence-corrected chi connectivity index (χ4v) is 2.01. The van der Waals surface area contributed by atoms with Crippen molar-refractivity contribution in [1.82, 2.24) is 0 Å². The number of hydrogen-bond donors (Lipinski definition) is 0. The zero-order valence-corrected chi connectivity index (χ0v) is 9.27. The lowest BCUT2D eigenvalue weighted by Crippen LogP contribution is -2.16. The van der Waals surface area contributed by atoms with E-state index in [4.69, 9.17) is 0 Å². The standard InChI is InChI=1S/C13H22/c1-11-9-7-5-4-6-8-10-12(2)13(11)3/h11-13H,4-5,7,9-10H2,1-3H3. The minimum atomic E-state index is 0.778. The molecule has 3 unspecified atom stereocenters. The average Bonchev–Trinajstić information content (AvgIpc) is 2.13. The average molecular weight is 178 g/mol. The van der Waals surface area contributed by atoms with Gasteiger partial charge >= 0.3 is 0 Å². The maximum absolute atomic E-state index is 3.31. The van der Waals surface area contributed by atoms with Gasteiger partial charge < -0.3 is 0 Å². The van der Waals surface area contributed by atoms with Crippen LogP contribution in [0, 0.1) is 29.6 Å². The Kier molecular flexibility index (Phi) is 4.36. The first-order chi connectivity index (χ1) is 6.22. The van der Waals surface area contributed by atoms with E-state index in [9.17, 15) is 0 Å². The summed E-state index contributed by atoms with van der Waals surface area (Å²) < 4.78 is 0. The van der Waals surface area contributed by atoms with Gasteiger partial charge in [0.15, 0.2) is 0 Å². The van der Waals surface area contributed by atoms with E-state index in [0.717, 1.165) is 30.6 Å². The molecular weight excluding hydrogens is 156 g/mol. The molecule has 0 amide bonds. The quantitative estimate of drug-likeness (QED) is 0.494. The van der Waals surface area contributed by atoms with Gasteiger partial charge in [-0.2, -0.15) is 0 Å². The van der Waals surface area contributed by atoms with Gasteiger partial charge in [0.25, 0.3) is 0 Å². The van der Waals surface area contributed by atoms with Crippen LogP contribution in [0.25, 0.3) is 0 Å². The molecule has 0 aliphatic heterocycles. The fourth-order valence-electron chi connectivity index (χ4n) is 2.01. The van der Waals surface area contributed by atoms with E-state index in [1.54, 1.807) is 0 Å². The van der Waals surface area contributed by atoms with E-state index >= 15 is 0 Å². The Morgan fingerprint density at radius 2 is 1.69 bits per heavy atom. The van der Waals surface area contributed by atoms with Gasteiger partial charge in [-0.15, -0.1) is 11.8 Å². The molecule has 0 N–H and O–H groups in total. The highest BCUT2D eigenvalue weighted by atomic mass is 14.2. The van der Waals surface area contributed by atoms with Crippen molar-refractivity contribution in [2.75, 3.05) is 0 Å². The summed E-state index contributed by atoms with van der Waals surface area (Å²) in [5.41, 5.74) is 0. The molecular formula is C13H22. The van der Waals surface area contributed by atoms with Crippen LogP contribution in [0.4, 0.5) is 0 Å². The molecule has 1 rings (SSSR count). The summed E-state index contributed by atoms with van der Waals surface area (Å²) in [6, 6.07) is 0. The van der Waals surface area contributed by atoms with E-state index in [1.165, 1.54) is 19.3 Å². The van der Waals surface area contributed by atoms with Crippen LogP contribution in [-0.4, -0.2) is 0 Å². The van der Waals surface area contributed by atoms with Crippen molar-refractivity contribution in [3.8, 4) is 11.8 Å². The third-order valence-electron chi connectivity index (χ3n) is 3.56. The molecule has 0 spiro atoms. The molecule has 0 nitrogen and oxygen atoms in total. The highest BCUT2D eigenvalue weighted by Gasteiger charge is 2.18. The topological polar surface area (TPSA) is 0 Å². The highest BCUT2D eigenvalue weighted by molar-refractivity contribution is 5.00. The second-order valence-electron chi connectivity index (χ2n) is 4.62. The smallest absolute Gasteiger partial charge is 0.0117 e. The lowest BCUT2D eigenvalue weighted by molar-refractivity contribution is 0.263. The third-order valence-corrected chi connectivity index (χ3v) is 3.56. The van der Waals surface area contributed by atoms with E-state index in [-0.39, 0.29) is 0 Å². The first-order valence-electron chi connectivity index (χ1n) is 5.67. The van der Waals surface area contributed by atoms with Gasteiger partial charge in [-0.25, -0.2) is 0 Å². The van der Waals surface area contributed by atoms with E-state index in [0.29, 0.717) is 0 Å². The van der Waals surface area contributed by atoms with Gasteiger partial charge in [0.05, 0.1) is 0 Å². The van der Waals surface area contributed by atoms with Crippen LogP contribution in [-0.2, 0) is 0 Å². The Balaban J connectivity index is 2.55. The molecule has 74 valence electrons. The van der Waals surface area contributed by atoms with Gasteiger partial charge in [0.1, 0.15) is 0 Å². The Morgan fingerprint density at radius 1 is 0.923 bits per heavy atom. The maximum atomic E-state index is 3.31. The predicted molar refractivity (Wildman–Crippen MR) is 58.4 cm³/mol. The Morgan fingerprint density at radius 3 is 2.46 bits per heavy atom. The van der Waals surface area contributed by atoms with E-state index < -0.39 is 0 Å². The second-order valence-corrected chi connectivity index (χ2v) is 4.62. The van der Waals surface area contributed by atoms with Gasteiger partial charge in [0, 0.05) is 12.8 Å². The van der Waals surface area contributed by atoms with Crippen molar-refractivity contribution >= 4 is 0 Å². The normalized spacial score (nSPS) is 36.1. The molecule has 1 aliphatic carbocycles. The lowest BCUT2D eigenvalue weighted by Gasteiger charge is -2.25. The summed E-state index contributed by atoms with van der Waals surface area (Å²) >= 11 is 0. The summed E-state index contributed by atoms with van der Waals surface area (Å²) in [5.74, 6) is 9.08. The molecule has 13 heavy (non-hydrogen) atoms. The summed E-state index contributed by atoms with van der Waals surface area (Å²) in [6.07, 6.45) is 6.29. The Bertz CT molecular complexity index is 194. The van der Waals surface area contributed by atoms with Crippen LogP contribution < -0.4 is 0 Å². The van der Waals surface area contributed by atoms with Gasteiger partial charge in [-0.3, -0.25) is 0 Å². The van der Waals surface area contributed by atoms with Crippen molar-refractivity contribution in [3.05, 3.63) is 0 Å². The van der Waals surface area contributed by atoms with Gasteiger partial charge in [-0.1, -0.05) is 33.6 Å². The van der Waals surface area contributed by atoms with E-state index in [1.807, 2.05) is 0 Å². The zero-order chi connectivity index (χ0) is 9.68. The molecule has 0 heteroatoms. The van der Waals surface area contributed by atoms with Crippen LogP contribution in [0.3, 0.4) is 0 Å². The van der Waals surface area contributed by atoms with E-state index in [2.05, 4.69) is 32.6 Å². The molecule has 3 atom stereocenters. The highest BCUT2D eigenvalue weighted by Crippen LogP contribution is 2.27. The first kappa shape index (κ1) is 10.6. The van der Waals surface area contributed by atoms with Crippen molar-refractivity contribution in [1.29, 1.82) is 0 Å². The first-order valence-corrected chi connectivity index (χ1v) is 5.67. The molecule has 1 aliphatic rings. The molecule has 0 aromatic carbocycles. The van der Waals surface area contributed by atoms with Crippen LogP contribution in [0.2, 0.25) is 0 Å². The minimum absolute atomic E-state index is 0.778. The molecule has 0 bridgehead atoms. The predicted octanol–water partition coefficient (Wildman–Crippen LogP) is 3.86.